The molecule has 116 valence electrons. The molecule has 0 unspecified atom stereocenters. The third-order valence-corrected chi connectivity index (χ3v) is 3.62. The van der Waals surface area contributed by atoms with Crippen LogP contribution in [0.5, 0.6) is 0 Å². The smallest absolute Gasteiger partial charge is 0.0732 e. The molecular weight excluding hydrogens is 270 g/mol. The molecule has 0 heterocycles. The zero-order valence-corrected chi connectivity index (χ0v) is 14.2. The first-order chi connectivity index (χ1) is 8.71. The molecule has 3 N–H and O–H groups in total. The molecule has 1 aromatic carbocycles. The minimum absolute atomic E-state index is 0. The lowest BCUT2D eigenvalue weighted by Crippen LogP contribution is -2.26. The fourth-order valence-corrected chi connectivity index (χ4v) is 2.11. The van der Waals surface area contributed by atoms with Gasteiger partial charge in [0.1, 0.15) is 0 Å². The number of hydrogen-bond donors (Lipinski definition) is 2. The Morgan fingerprint density at radius 1 is 1.05 bits per heavy atom. The molecule has 0 radical (unpaired) electrons. The van der Waals surface area contributed by atoms with Crippen molar-refractivity contribution >= 4 is 12.4 Å². The van der Waals surface area contributed by atoms with Gasteiger partial charge in [0.05, 0.1) is 12.1 Å². The van der Waals surface area contributed by atoms with E-state index in [-0.39, 0.29) is 23.9 Å². The summed E-state index contributed by atoms with van der Waals surface area (Å²) < 4.78 is 0. The van der Waals surface area contributed by atoms with Crippen molar-refractivity contribution in [2.75, 3.05) is 0 Å². The highest BCUT2D eigenvalue weighted by Crippen LogP contribution is 2.25. The Labute approximate surface area is 130 Å². The Morgan fingerprint density at radius 2 is 1.55 bits per heavy atom. The van der Waals surface area contributed by atoms with Crippen LogP contribution in [0.3, 0.4) is 0 Å². The largest absolute Gasteiger partial charge is 0.391 e. The van der Waals surface area contributed by atoms with Crippen LogP contribution in [-0.2, 0) is 5.41 Å². The van der Waals surface area contributed by atoms with Crippen LogP contribution in [0.2, 0.25) is 0 Å². The van der Waals surface area contributed by atoms with Crippen molar-refractivity contribution in [1.82, 2.24) is 0 Å². The van der Waals surface area contributed by atoms with E-state index in [1.165, 1.54) is 5.56 Å². The van der Waals surface area contributed by atoms with Crippen molar-refractivity contribution in [3.63, 3.8) is 0 Å². The molecule has 1 rings (SSSR count). The highest BCUT2D eigenvalue weighted by molar-refractivity contribution is 5.85. The summed E-state index contributed by atoms with van der Waals surface area (Å²) in [5.74, 6) is 0.602. The summed E-state index contributed by atoms with van der Waals surface area (Å²) in [5.41, 5.74) is 8.60. The fraction of sp³-hybridized carbons (Fsp3) is 0.647. The van der Waals surface area contributed by atoms with Gasteiger partial charge < -0.3 is 10.8 Å². The van der Waals surface area contributed by atoms with Crippen LogP contribution < -0.4 is 5.73 Å². The summed E-state index contributed by atoms with van der Waals surface area (Å²) in [6, 6.07) is 8.04. The van der Waals surface area contributed by atoms with Crippen molar-refractivity contribution in [1.29, 1.82) is 0 Å². The molecule has 0 amide bonds. The molecular formula is C17H30ClNO. The number of rotatable bonds is 5. The van der Waals surface area contributed by atoms with E-state index < -0.39 is 6.10 Å². The SMILES string of the molecule is CC(C)CC[C@H](O)[C@H](N)c1ccc(C(C)(C)C)cc1.Cl. The second-order valence-corrected chi connectivity index (χ2v) is 6.94. The van der Waals surface area contributed by atoms with Gasteiger partial charge in [-0.25, -0.2) is 0 Å². The second-order valence-electron chi connectivity index (χ2n) is 6.94. The van der Waals surface area contributed by atoms with Gasteiger partial charge in [-0.15, -0.1) is 12.4 Å². The lowest BCUT2D eigenvalue weighted by Gasteiger charge is -2.23. The van der Waals surface area contributed by atoms with Crippen LogP contribution in [0.4, 0.5) is 0 Å². The van der Waals surface area contributed by atoms with E-state index in [9.17, 15) is 5.11 Å². The van der Waals surface area contributed by atoms with E-state index in [0.29, 0.717) is 5.92 Å². The minimum Gasteiger partial charge on any atom is -0.391 e. The number of nitrogens with two attached hydrogens (primary N) is 1. The van der Waals surface area contributed by atoms with Crippen LogP contribution in [0.25, 0.3) is 0 Å². The van der Waals surface area contributed by atoms with Gasteiger partial charge in [0.2, 0.25) is 0 Å². The summed E-state index contributed by atoms with van der Waals surface area (Å²) in [5, 5.41) is 10.1. The molecule has 2 atom stereocenters. The normalized spacial score (nSPS) is 14.8. The Morgan fingerprint density at radius 3 is 1.95 bits per heavy atom. The van der Waals surface area contributed by atoms with E-state index >= 15 is 0 Å². The average Bonchev–Trinajstić information content (AvgIpc) is 2.34. The second kappa shape index (κ2) is 8.02. The van der Waals surface area contributed by atoms with E-state index in [2.05, 4.69) is 46.8 Å². The van der Waals surface area contributed by atoms with Gasteiger partial charge in [-0.05, 0) is 35.3 Å². The molecule has 3 heteroatoms. The maximum atomic E-state index is 10.1. The molecule has 1 aromatic rings. The van der Waals surface area contributed by atoms with Crippen LogP contribution in [0.1, 0.15) is 64.6 Å². The molecule has 0 saturated carbocycles. The lowest BCUT2D eigenvalue weighted by molar-refractivity contribution is 0.128. The lowest BCUT2D eigenvalue weighted by atomic mass is 9.85. The molecule has 0 aliphatic carbocycles. The average molecular weight is 300 g/mol. The number of hydrogen-bond acceptors (Lipinski definition) is 2. The first-order valence-corrected chi connectivity index (χ1v) is 7.26. The third kappa shape index (κ3) is 5.82. The zero-order valence-electron chi connectivity index (χ0n) is 13.4. The molecule has 0 aromatic heterocycles. The molecule has 0 saturated heterocycles. The highest BCUT2D eigenvalue weighted by atomic mass is 35.5. The monoisotopic (exact) mass is 299 g/mol. The zero-order chi connectivity index (χ0) is 14.6. The van der Waals surface area contributed by atoms with Gasteiger partial charge in [-0.3, -0.25) is 0 Å². The molecule has 0 spiro atoms. The van der Waals surface area contributed by atoms with Crippen molar-refractivity contribution in [3.8, 4) is 0 Å². The first kappa shape index (κ1) is 19.4. The topological polar surface area (TPSA) is 46.2 Å². The van der Waals surface area contributed by atoms with Gasteiger partial charge in [0.25, 0.3) is 0 Å². The molecule has 20 heavy (non-hydrogen) atoms. The van der Waals surface area contributed by atoms with Gasteiger partial charge in [0.15, 0.2) is 0 Å². The van der Waals surface area contributed by atoms with Crippen molar-refractivity contribution in [2.24, 2.45) is 11.7 Å². The number of aliphatic hydroxyl groups is 1. The number of aliphatic hydroxyl groups excluding tert-OH is 1. The minimum atomic E-state index is -0.456. The van der Waals surface area contributed by atoms with Crippen LogP contribution >= 0.6 is 12.4 Å². The summed E-state index contributed by atoms with van der Waals surface area (Å²) in [4.78, 5) is 0. The Balaban J connectivity index is 0.00000361. The Kier molecular flexibility index (Phi) is 7.79. The predicted octanol–water partition coefficient (Wildman–Crippen LogP) is 4.20. The van der Waals surface area contributed by atoms with Gasteiger partial charge in [-0.1, -0.05) is 58.9 Å². The Hall–Kier alpha value is -0.570. The quantitative estimate of drug-likeness (QED) is 0.856. The molecule has 0 fully saturated rings. The standard InChI is InChI=1S/C17H29NO.ClH/c1-12(2)6-11-15(19)16(18)13-7-9-14(10-8-13)17(3,4)5;/h7-10,12,15-16,19H,6,11,18H2,1-5H3;1H/t15-,16+;/m0./s1. The van der Waals surface area contributed by atoms with E-state index in [1.807, 2.05) is 12.1 Å². The maximum Gasteiger partial charge on any atom is 0.0732 e. The molecule has 0 bridgehead atoms. The van der Waals surface area contributed by atoms with Crippen LogP contribution in [0.15, 0.2) is 24.3 Å². The van der Waals surface area contributed by atoms with E-state index in [0.717, 1.165) is 18.4 Å². The Bertz CT molecular complexity index is 381. The maximum absolute atomic E-state index is 10.1. The van der Waals surface area contributed by atoms with E-state index in [4.69, 9.17) is 5.73 Å². The van der Waals surface area contributed by atoms with Crippen LogP contribution in [0, 0.1) is 5.92 Å². The van der Waals surface area contributed by atoms with E-state index in [1.54, 1.807) is 0 Å². The highest BCUT2D eigenvalue weighted by Gasteiger charge is 2.18. The van der Waals surface area contributed by atoms with Crippen molar-refractivity contribution < 1.29 is 5.11 Å². The first-order valence-electron chi connectivity index (χ1n) is 7.26. The van der Waals surface area contributed by atoms with Gasteiger partial charge in [0, 0.05) is 0 Å². The molecule has 0 aliphatic rings. The predicted molar refractivity (Wildman–Crippen MR) is 89.4 cm³/mol. The summed E-state index contributed by atoms with van der Waals surface area (Å²) in [6.45, 7) is 10.9. The van der Waals surface area contributed by atoms with Crippen molar-refractivity contribution in [3.05, 3.63) is 35.4 Å². The molecule has 0 aliphatic heterocycles. The van der Waals surface area contributed by atoms with Crippen molar-refractivity contribution in [2.45, 2.75) is 65.0 Å². The number of benzene rings is 1. The van der Waals surface area contributed by atoms with Gasteiger partial charge >= 0.3 is 0 Å². The van der Waals surface area contributed by atoms with Crippen LogP contribution in [-0.4, -0.2) is 11.2 Å². The molecule has 2 nitrogen and oxygen atoms in total. The summed E-state index contributed by atoms with van der Waals surface area (Å²) in [6.07, 6.45) is 1.32. The summed E-state index contributed by atoms with van der Waals surface area (Å²) in [7, 11) is 0. The fourth-order valence-electron chi connectivity index (χ4n) is 2.11. The summed E-state index contributed by atoms with van der Waals surface area (Å²) >= 11 is 0. The third-order valence-electron chi connectivity index (χ3n) is 3.62. The number of halogens is 1. The van der Waals surface area contributed by atoms with Gasteiger partial charge in [-0.2, -0.15) is 0 Å².